The second kappa shape index (κ2) is 5.78. The molecule has 0 amide bonds. The summed E-state index contributed by atoms with van der Waals surface area (Å²) in [5, 5.41) is 2.12. The third-order valence-corrected chi connectivity index (χ3v) is 21.7. The van der Waals surface area contributed by atoms with Crippen LogP contribution in [0.4, 0.5) is 0 Å². The second-order valence-corrected chi connectivity index (χ2v) is 20.6. The van der Waals surface area contributed by atoms with Crippen LogP contribution in [0, 0.1) is 13.8 Å². The van der Waals surface area contributed by atoms with E-state index < -0.39 is 16.5 Å². The van der Waals surface area contributed by atoms with Gasteiger partial charge >= 0.3 is 0 Å². The Bertz CT molecular complexity index is 387. The van der Waals surface area contributed by atoms with Crippen LogP contribution in [-0.2, 0) is 17.2 Å². The lowest BCUT2D eigenvalue weighted by Crippen LogP contribution is -2.35. The van der Waals surface area contributed by atoms with Crippen molar-refractivity contribution in [2.45, 2.75) is 51.9 Å². The lowest BCUT2D eigenvalue weighted by molar-refractivity contribution is 0.579. The van der Waals surface area contributed by atoms with Crippen molar-refractivity contribution in [1.29, 1.82) is 0 Å². The third-order valence-electron chi connectivity index (χ3n) is 4.74. The summed E-state index contributed by atoms with van der Waals surface area (Å²) in [6.45, 7) is 18.3. The Kier molecular flexibility index (Phi) is 5.27. The number of aryl methyl sites for hydroxylation is 2. The normalized spacial score (nSPS) is 21.8. The van der Waals surface area contributed by atoms with E-state index in [1.54, 1.807) is 5.17 Å². The van der Waals surface area contributed by atoms with E-state index in [1.165, 1.54) is 11.8 Å². The number of rotatable bonds is 0. The third kappa shape index (κ3) is 3.47. The van der Waals surface area contributed by atoms with Crippen LogP contribution < -0.4 is 0 Å². The average Bonchev–Trinajstić information content (AvgIpc) is 2.60. The molecule has 0 unspecified atom stereocenters. The van der Waals surface area contributed by atoms with Crippen LogP contribution in [0.25, 0.3) is 0 Å². The number of hydrogen-bond acceptors (Lipinski definition) is 2. The fourth-order valence-corrected chi connectivity index (χ4v) is 14.2. The summed E-state index contributed by atoms with van der Waals surface area (Å²) in [6.07, 6.45) is 0. The van der Waals surface area contributed by atoms with Crippen molar-refractivity contribution in [3.05, 3.63) is 10.9 Å². The van der Waals surface area contributed by atoms with Gasteiger partial charge in [-0.15, -0.1) is 0 Å². The minimum Gasteiger partial charge on any atom is -0.526 e. The second-order valence-electron chi connectivity index (χ2n) is 6.46. The Hall–Kier alpha value is 0.368. The van der Waals surface area contributed by atoms with Gasteiger partial charge in [-0.05, 0) is 49.7 Å². The molecule has 0 saturated carbocycles. The molecule has 0 bridgehead atoms. The van der Waals surface area contributed by atoms with Gasteiger partial charge in [0.15, 0.2) is 8.32 Å². The van der Waals surface area contributed by atoms with Gasteiger partial charge in [-0.25, -0.2) is 0 Å². The summed E-state index contributed by atoms with van der Waals surface area (Å²) in [6, 6.07) is 1.40. The van der Waals surface area contributed by atoms with Gasteiger partial charge in [-0.1, -0.05) is 20.4 Å². The lowest BCUT2D eigenvalue weighted by atomic mass is 10.2. The molecule has 2 nitrogen and oxygen atoms in total. The standard InChI is InChI=1S/C6H16OSi2.C6H12OSi2/c1-6(2)5-8-7-9(6,3)4;1-5-6(2)8(3)9(4)7-5/h5,8H2,1-4H3;1-4H3. The zero-order chi connectivity index (χ0) is 14.1. The van der Waals surface area contributed by atoms with E-state index in [1.807, 2.05) is 0 Å². The molecule has 104 valence electrons. The Balaban J connectivity index is 0.000000180. The monoisotopic (exact) mass is 316 g/mol. The van der Waals surface area contributed by atoms with Crippen LogP contribution in [0.5, 0.6) is 0 Å². The molecule has 1 aliphatic heterocycles. The van der Waals surface area contributed by atoms with Gasteiger partial charge in [-0.3, -0.25) is 0 Å². The van der Waals surface area contributed by atoms with Crippen molar-refractivity contribution < 1.29 is 8.21 Å². The molecule has 2 rings (SSSR count). The first-order valence-corrected chi connectivity index (χ1v) is 16.1. The van der Waals surface area contributed by atoms with Crippen molar-refractivity contribution in [1.82, 2.24) is 0 Å². The molecule has 18 heavy (non-hydrogen) atoms. The summed E-state index contributed by atoms with van der Waals surface area (Å²) in [4.78, 5) is 0. The maximum absolute atomic E-state index is 5.83. The first-order valence-electron chi connectivity index (χ1n) is 6.75. The van der Waals surface area contributed by atoms with E-state index in [0.717, 1.165) is 0 Å². The summed E-state index contributed by atoms with van der Waals surface area (Å²) in [5.41, 5.74) is 0. The molecule has 0 N–H and O–H groups in total. The molecular weight excluding hydrogens is 288 g/mol. The zero-order valence-corrected chi connectivity index (χ0v) is 17.6. The van der Waals surface area contributed by atoms with Gasteiger partial charge in [-0.2, -0.15) is 0 Å². The van der Waals surface area contributed by atoms with Crippen LogP contribution in [0.2, 0.25) is 24.2 Å². The van der Waals surface area contributed by atoms with Gasteiger partial charge in [0.25, 0.3) is 0 Å². The minimum absolute atomic E-state index is 0.103. The summed E-state index contributed by atoms with van der Waals surface area (Å²) < 4.78 is 11.4. The first kappa shape index (κ1) is 16.4. The van der Waals surface area contributed by atoms with Gasteiger partial charge in [0.1, 0.15) is 9.76 Å². The highest BCUT2D eigenvalue weighted by molar-refractivity contribution is 6.97. The highest BCUT2D eigenvalue weighted by atomic mass is 29.0. The van der Waals surface area contributed by atoms with E-state index >= 15 is 0 Å². The van der Waals surface area contributed by atoms with Crippen LogP contribution in [0.15, 0.2) is 4.10 Å². The Morgan fingerprint density at radius 1 is 1.22 bits per heavy atom. The zero-order valence-electron chi connectivity index (χ0n) is 13.2. The molecule has 0 aromatic carbocycles. The van der Waals surface area contributed by atoms with E-state index in [4.69, 9.17) is 8.21 Å². The summed E-state index contributed by atoms with van der Waals surface area (Å²) in [5.74, 6) is 1.21. The maximum Gasteiger partial charge on any atom is 0.209 e. The van der Waals surface area contributed by atoms with Crippen LogP contribution in [0.1, 0.15) is 24.8 Å². The van der Waals surface area contributed by atoms with Gasteiger partial charge in [0, 0.05) is 0 Å². The number of hydrogen-bond donors (Lipinski definition) is 0. The van der Waals surface area contributed by atoms with Crippen molar-refractivity contribution in [3.63, 3.8) is 0 Å². The van der Waals surface area contributed by atoms with Crippen LogP contribution in [0.3, 0.4) is 0 Å². The predicted octanol–water partition coefficient (Wildman–Crippen LogP) is 2.53. The van der Waals surface area contributed by atoms with E-state index in [9.17, 15) is 0 Å². The molecule has 1 saturated heterocycles. The molecule has 1 aliphatic rings. The predicted molar refractivity (Wildman–Crippen MR) is 88.0 cm³/mol. The smallest absolute Gasteiger partial charge is 0.209 e. The molecule has 1 aromatic rings. The molecule has 0 atom stereocenters. The van der Waals surface area contributed by atoms with Crippen molar-refractivity contribution >= 4 is 34.1 Å². The summed E-state index contributed by atoms with van der Waals surface area (Å²) in [7, 11) is -1.92. The highest BCUT2D eigenvalue weighted by Gasteiger charge is 2.44. The average molecular weight is 317 g/mol. The first-order chi connectivity index (χ1) is 8.08. The molecule has 2 heterocycles. The topological polar surface area (TPSA) is 22.4 Å². The van der Waals surface area contributed by atoms with Gasteiger partial charge in [0.05, 0.1) is 13.7 Å². The van der Waals surface area contributed by atoms with Gasteiger partial charge in [0.2, 0.25) is 8.15 Å². The van der Waals surface area contributed by atoms with Crippen molar-refractivity contribution in [2.75, 3.05) is 0 Å². The molecule has 0 aliphatic carbocycles. The molecule has 1 fully saturated rings. The molecule has 6 heteroatoms. The van der Waals surface area contributed by atoms with E-state index in [0.29, 0.717) is 5.04 Å². The van der Waals surface area contributed by atoms with Crippen LogP contribution in [-0.4, -0.2) is 34.1 Å². The SMILES string of the molecule is CC1(C)C[SiH2]O[Si]1(C)C.Cc1o[si](C)[si](C)c1C. The summed E-state index contributed by atoms with van der Waals surface area (Å²) >= 11 is 0. The van der Waals surface area contributed by atoms with Crippen molar-refractivity contribution in [2.24, 2.45) is 13.1 Å². The van der Waals surface area contributed by atoms with E-state index in [2.05, 4.69) is 53.9 Å². The molecular formula is C12H28O2Si4. The highest BCUT2D eigenvalue weighted by Crippen LogP contribution is 2.45. The molecule has 0 radical (unpaired) electrons. The minimum atomic E-state index is -1.21. The largest absolute Gasteiger partial charge is 0.526 e. The molecule has 1 aromatic heterocycles. The maximum atomic E-state index is 5.83. The quantitative estimate of drug-likeness (QED) is 0.686. The van der Waals surface area contributed by atoms with Gasteiger partial charge < -0.3 is 8.21 Å². The fraction of sp³-hybridized carbons (Fsp3) is 0.833. The Labute approximate surface area is 118 Å². The molecule has 0 spiro atoms. The van der Waals surface area contributed by atoms with Crippen molar-refractivity contribution in [3.8, 4) is 0 Å². The van der Waals surface area contributed by atoms with E-state index in [-0.39, 0.29) is 17.7 Å². The lowest BCUT2D eigenvalue weighted by Gasteiger charge is -2.30. The fourth-order valence-electron chi connectivity index (χ4n) is 1.97. The van der Waals surface area contributed by atoms with Crippen LogP contribution >= 0.6 is 0 Å². The Morgan fingerprint density at radius 3 is 1.89 bits per heavy atom. The Morgan fingerprint density at radius 2 is 1.78 bits per heavy atom.